The number of aromatic carboxylic acids is 1. The monoisotopic (exact) mass is 293 g/mol. The van der Waals surface area contributed by atoms with Gasteiger partial charge in [-0.05, 0) is 25.7 Å². The van der Waals surface area contributed by atoms with Gasteiger partial charge in [0.2, 0.25) is 0 Å². The van der Waals surface area contributed by atoms with Crippen molar-refractivity contribution in [2.24, 2.45) is 5.92 Å². The number of hydrogen-bond acceptors (Lipinski definition) is 3. The lowest BCUT2D eigenvalue weighted by atomic mass is 9.84. The molecule has 1 amide bonds. The lowest BCUT2D eigenvalue weighted by Gasteiger charge is -2.27. The zero-order chi connectivity index (χ0) is 15.4. The Labute approximate surface area is 124 Å². The lowest BCUT2D eigenvalue weighted by Crippen LogP contribution is -2.38. The van der Waals surface area contributed by atoms with Crippen LogP contribution < -0.4 is 5.32 Å². The maximum atomic E-state index is 12.2. The van der Waals surface area contributed by atoms with Crippen LogP contribution in [-0.4, -0.2) is 23.0 Å². The predicted molar refractivity (Wildman–Crippen MR) is 78.5 cm³/mol. The second-order valence-electron chi connectivity index (χ2n) is 5.77. The summed E-state index contributed by atoms with van der Waals surface area (Å²) in [5.41, 5.74) is 0.0768. The summed E-state index contributed by atoms with van der Waals surface area (Å²) in [7, 11) is 0. The van der Waals surface area contributed by atoms with Crippen LogP contribution in [0, 0.1) is 5.92 Å². The third kappa shape index (κ3) is 3.65. The number of hydrogen-bond donors (Lipinski definition) is 2. The molecule has 0 aliphatic heterocycles. The van der Waals surface area contributed by atoms with E-state index < -0.39 is 5.97 Å². The summed E-state index contributed by atoms with van der Waals surface area (Å²) in [5, 5.41) is 12.0. The van der Waals surface area contributed by atoms with Crippen molar-refractivity contribution in [1.82, 2.24) is 5.32 Å². The quantitative estimate of drug-likeness (QED) is 0.873. The van der Waals surface area contributed by atoms with Crippen molar-refractivity contribution >= 4 is 11.9 Å². The minimum Gasteiger partial charge on any atom is -0.478 e. The zero-order valence-corrected chi connectivity index (χ0v) is 12.6. The minimum absolute atomic E-state index is 0.0768. The molecule has 1 fully saturated rings. The summed E-state index contributed by atoms with van der Waals surface area (Å²) >= 11 is 0. The van der Waals surface area contributed by atoms with Crippen LogP contribution in [0.4, 0.5) is 0 Å². The van der Waals surface area contributed by atoms with Gasteiger partial charge in [-0.3, -0.25) is 4.79 Å². The fraction of sp³-hybridized carbons (Fsp3) is 0.625. The number of carboxylic acid groups (broad SMARTS) is 1. The number of furan rings is 1. The molecule has 1 atom stereocenters. The van der Waals surface area contributed by atoms with Crippen molar-refractivity contribution in [3.05, 3.63) is 23.2 Å². The summed E-state index contributed by atoms with van der Waals surface area (Å²) < 4.78 is 5.38. The molecule has 1 aliphatic rings. The first kappa shape index (κ1) is 15.6. The Kier molecular flexibility index (Phi) is 5.04. The van der Waals surface area contributed by atoms with Gasteiger partial charge in [-0.25, -0.2) is 4.79 Å². The first-order chi connectivity index (χ1) is 10.0. The van der Waals surface area contributed by atoms with Gasteiger partial charge >= 0.3 is 5.97 Å². The molecule has 1 aromatic rings. The molecular weight excluding hydrogens is 270 g/mol. The minimum atomic E-state index is -1.06. The van der Waals surface area contributed by atoms with Crippen molar-refractivity contribution in [2.75, 3.05) is 0 Å². The molecule has 0 aromatic carbocycles. The average molecular weight is 293 g/mol. The van der Waals surface area contributed by atoms with Gasteiger partial charge < -0.3 is 14.8 Å². The molecule has 0 saturated heterocycles. The Morgan fingerprint density at radius 3 is 2.57 bits per heavy atom. The Balaban J connectivity index is 2.04. The summed E-state index contributed by atoms with van der Waals surface area (Å²) in [6, 6.07) is 1.41. The van der Waals surface area contributed by atoms with Gasteiger partial charge in [0.1, 0.15) is 11.3 Å². The van der Waals surface area contributed by atoms with Gasteiger partial charge in [-0.2, -0.15) is 0 Å². The predicted octanol–water partition coefficient (Wildman–Crippen LogP) is 3.24. The van der Waals surface area contributed by atoms with E-state index >= 15 is 0 Å². The second kappa shape index (κ2) is 6.78. The molecule has 0 spiro atoms. The topological polar surface area (TPSA) is 79.5 Å². The van der Waals surface area contributed by atoms with E-state index in [2.05, 4.69) is 5.32 Å². The van der Waals surface area contributed by atoms with Crippen molar-refractivity contribution in [2.45, 2.75) is 58.4 Å². The van der Waals surface area contributed by atoms with E-state index in [1.807, 2.05) is 6.92 Å². The molecule has 116 valence electrons. The van der Waals surface area contributed by atoms with Crippen molar-refractivity contribution in [3.8, 4) is 0 Å². The van der Waals surface area contributed by atoms with Gasteiger partial charge in [-0.1, -0.05) is 26.2 Å². The van der Waals surface area contributed by atoms with Crippen LogP contribution in [0.3, 0.4) is 0 Å². The van der Waals surface area contributed by atoms with Crippen LogP contribution in [0.5, 0.6) is 0 Å². The lowest BCUT2D eigenvalue weighted by molar-refractivity contribution is 0.0694. The van der Waals surface area contributed by atoms with E-state index in [0.29, 0.717) is 18.1 Å². The molecule has 1 heterocycles. The highest BCUT2D eigenvalue weighted by Crippen LogP contribution is 2.26. The molecule has 1 unspecified atom stereocenters. The van der Waals surface area contributed by atoms with Gasteiger partial charge in [0, 0.05) is 18.5 Å². The molecule has 5 nitrogen and oxygen atoms in total. The van der Waals surface area contributed by atoms with E-state index in [-0.39, 0.29) is 23.3 Å². The Hall–Kier alpha value is -1.78. The number of nitrogens with one attached hydrogen (secondary N) is 1. The van der Waals surface area contributed by atoms with Gasteiger partial charge in [-0.15, -0.1) is 0 Å². The van der Waals surface area contributed by atoms with Crippen LogP contribution >= 0.6 is 0 Å². The van der Waals surface area contributed by atoms with Crippen LogP contribution in [0.1, 0.15) is 72.6 Å². The van der Waals surface area contributed by atoms with Crippen LogP contribution in [0.2, 0.25) is 0 Å². The summed E-state index contributed by atoms with van der Waals surface area (Å²) in [6.07, 6.45) is 6.44. The van der Waals surface area contributed by atoms with Gasteiger partial charge in [0.25, 0.3) is 5.91 Å². The molecule has 5 heteroatoms. The van der Waals surface area contributed by atoms with E-state index in [9.17, 15) is 9.59 Å². The van der Waals surface area contributed by atoms with Crippen molar-refractivity contribution in [1.29, 1.82) is 0 Å². The molecule has 0 radical (unpaired) electrons. The van der Waals surface area contributed by atoms with E-state index in [0.717, 1.165) is 12.8 Å². The number of amides is 1. The Morgan fingerprint density at radius 1 is 1.38 bits per heavy atom. The number of carboxylic acids is 1. The third-order valence-electron chi connectivity index (χ3n) is 4.30. The van der Waals surface area contributed by atoms with Gasteiger partial charge in [0.05, 0.1) is 0 Å². The van der Waals surface area contributed by atoms with Crippen molar-refractivity contribution < 1.29 is 19.1 Å². The molecule has 0 bridgehead atoms. The Morgan fingerprint density at radius 2 is 2.05 bits per heavy atom. The number of rotatable bonds is 5. The highest BCUT2D eigenvalue weighted by Gasteiger charge is 2.25. The highest BCUT2D eigenvalue weighted by molar-refractivity contribution is 5.96. The first-order valence-electron chi connectivity index (χ1n) is 7.69. The second-order valence-corrected chi connectivity index (χ2v) is 5.77. The number of aryl methyl sites for hydroxylation is 1. The van der Waals surface area contributed by atoms with Crippen LogP contribution in [0.25, 0.3) is 0 Å². The largest absolute Gasteiger partial charge is 0.478 e. The van der Waals surface area contributed by atoms with E-state index in [1.54, 1.807) is 6.92 Å². The van der Waals surface area contributed by atoms with Gasteiger partial charge in [0.15, 0.2) is 5.76 Å². The maximum Gasteiger partial charge on any atom is 0.339 e. The standard InChI is InChI=1S/C16H23NO4/c1-3-13-12(16(19)20)9-14(21-13)15(18)17-10(2)11-7-5-4-6-8-11/h9-11H,3-8H2,1-2H3,(H,17,18)(H,19,20). The Bertz CT molecular complexity index is 514. The molecule has 21 heavy (non-hydrogen) atoms. The highest BCUT2D eigenvalue weighted by atomic mass is 16.4. The van der Waals surface area contributed by atoms with E-state index in [4.69, 9.17) is 9.52 Å². The van der Waals surface area contributed by atoms with Crippen LogP contribution in [0.15, 0.2) is 10.5 Å². The first-order valence-corrected chi connectivity index (χ1v) is 7.69. The summed E-state index contributed by atoms with van der Waals surface area (Å²) in [6.45, 7) is 3.81. The fourth-order valence-electron chi connectivity index (χ4n) is 3.01. The zero-order valence-electron chi connectivity index (χ0n) is 12.6. The molecule has 1 aliphatic carbocycles. The summed E-state index contributed by atoms with van der Waals surface area (Å²) in [4.78, 5) is 23.3. The molecule has 1 aromatic heterocycles. The van der Waals surface area contributed by atoms with E-state index in [1.165, 1.54) is 25.3 Å². The molecule has 1 saturated carbocycles. The number of carbonyl (C=O) groups is 2. The summed E-state index contributed by atoms with van der Waals surface area (Å²) in [5.74, 6) is -0.447. The van der Waals surface area contributed by atoms with Crippen molar-refractivity contribution in [3.63, 3.8) is 0 Å². The SMILES string of the molecule is CCc1oc(C(=O)NC(C)C2CCCCC2)cc1C(=O)O. The maximum absolute atomic E-state index is 12.2. The molecular formula is C16H23NO4. The molecule has 2 N–H and O–H groups in total. The van der Waals surface area contributed by atoms with Crippen LogP contribution in [-0.2, 0) is 6.42 Å². The smallest absolute Gasteiger partial charge is 0.339 e. The molecule has 2 rings (SSSR count). The fourth-order valence-corrected chi connectivity index (χ4v) is 3.01. The normalized spacial score (nSPS) is 17.4. The average Bonchev–Trinajstić information content (AvgIpc) is 2.92. The number of carbonyl (C=O) groups excluding carboxylic acids is 1. The third-order valence-corrected chi connectivity index (χ3v) is 4.30.